The van der Waals surface area contributed by atoms with Gasteiger partial charge in [-0.05, 0) is 68.2 Å². The summed E-state index contributed by atoms with van der Waals surface area (Å²) in [5.74, 6) is -0.179. The van der Waals surface area contributed by atoms with Crippen LogP contribution in [0.3, 0.4) is 0 Å². The van der Waals surface area contributed by atoms with Crippen molar-refractivity contribution < 1.29 is 5.11 Å². The highest BCUT2D eigenvalue weighted by atomic mass is 79.9. The number of H-pyrrole nitrogens is 1. The summed E-state index contributed by atoms with van der Waals surface area (Å²) < 4.78 is 0.835. The number of nitrogens with zero attached hydrogens (tertiary/aromatic N) is 2. The van der Waals surface area contributed by atoms with Crippen LogP contribution in [0.1, 0.15) is 24.0 Å². The summed E-state index contributed by atoms with van der Waals surface area (Å²) in [4.78, 5) is 21.5. The van der Waals surface area contributed by atoms with Gasteiger partial charge >= 0.3 is 0 Å². The predicted molar refractivity (Wildman–Crippen MR) is 117 cm³/mol. The van der Waals surface area contributed by atoms with Gasteiger partial charge in [-0.3, -0.25) is 14.8 Å². The molecule has 0 unspecified atom stereocenters. The molecule has 1 aromatic heterocycles. The number of aromatic amines is 1. The zero-order chi connectivity index (χ0) is 19.5. The summed E-state index contributed by atoms with van der Waals surface area (Å²) in [6.07, 6.45) is 5.27. The van der Waals surface area contributed by atoms with Crippen LogP contribution in [0.25, 0.3) is 10.8 Å². The number of aromatic hydroxyl groups is 1. The third-order valence-corrected chi connectivity index (χ3v) is 5.69. The minimum Gasteiger partial charge on any atom is -0.494 e. The van der Waals surface area contributed by atoms with E-state index >= 15 is 0 Å². The van der Waals surface area contributed by atoms with Gasteiger partial charge in [0.25, 0.3) is 5.56 Å². The molecule has 0 atom stereocenters. The zero-order valence-electron chi connectivity index (χ0n) is 15.5. The molecule has 0 amide bonds. The first kappa shape index (κ1) is 18.9. The van der Waals surface area contributed by atoms with E-state index in [0.29, 0.717) is 16.3 Å². The van der Waals surface area contributed by atoms with Gasteiger partial charge in [0.1, 0.15) is 0 Å². The van der Waals surface area contributed by atoms with E-state index in [2.05, 4.69) is 42.9 Å². The number of benzene rings is 2. The maximum atomic E-state index is 12.1. The van der Waals surface area contributed by atoms with Crippen LogP contribution >= 0.6 is 15.9 Å². The first-order valence-corrected chi connectivity index (χ1v) is 10.3. The van der Waals surface area contributed by atoms with Gasteiger partial charge in [0, 0.05) is 28.0 Å². The Kier molecular flexibility index (Phi) is 5.59. The molecule has 1 aliphatic rings. The largest absolute Gasteiger partial charge is 0.494 e. The van der Waals surface area contributed by atoms with Gasteiger partial charge in [-0.1, -0.05) is 28.1 Å². The molecule has 0 aliphatic carbocycles. The third-order valence-electron chi connectivity index (χ3n) is 5.20. The van der Waals surface area contributed by atoms with Crippen molar-refractivity contribution in [3.05, 3.63) is 68.4 Å². The van der Waals surface area contributed by atoms with Gasteiger partial charge in [0.2, 0.25) is 5.88 Å². The van der Waals surface area contributed by atoms with Crippen LogP contribution in [0.2, 0.25) is 0 Å². The molecule has 2 N–H and O–H groups in total. The Morgan fingerprint density at radius 1 is 1.11 bits per heavy atom. The lowest BCUT2D eigenvalue weighted by Crippen LogP contribution is -2.21. The SMILES string of the molecule is O=c1[nH]c(O)c(C=Nc2ccc(CCN3CCCC3)cc2)c2cc(Br)ccc12. The topological polar surface area (TPSA) is 68.7 Å². The number of fused-ring (bicyclic) bond motifs is 1. The Hall–Kier alpha value is -2.44. The van der Waals surface area contributed by atoms with E-state index in [9.17, 15) is 9.90 Å². The highest BCUT2D eigenvalue weighted by Gasteiger charge is 2.11. The number of pyridine rings is 1. The average molecular weight is 440 g/mol. The second-order valence-corrected chi connectivity index (χ2v) is 8.05. The number of aliphatic imine (C=N–C) groups is 1. The van der Waals surface area contributed by atoms with Crippen molar-refractivity contribution in [3.8, 4) is 5.88 Å². The summed E-state index contributed by atoms with van der Waals surface area (Å²) in [6, 6.07) is 13.5. The summed E-state index contributed by atoms with van der Waals surface area (Å²) in [5.41, 5.74) is 2.28. The summed E-state index contributed by atoms with van der Waals surface area (Å²) in [6.45, 7) is 3.54. The highest BCUT2D eigenvalue weighted by Crippen LogP contribution is 2.25. The van der Waals surface area contributed by atoms with Gasteiger partial charge in [-0.2, -0.15) is 0 Å². The molecule has 2 heterocycles. The molecule has 28 heavy (non-hydrogen) atoms. The fourth-order valence-corrected chi connectivity index (χ4v) is 3.98. The van der Waals surface area contributed by atoms with Crippen molar-refractivity contribution in [3.63, 3.8) is 0 Å². The molecule has 0 saturated carbocycles. The first-order valence-electron chi connectivity index (χ1n) is 9.50. The number of likely N-dealkylation sites (tertiary alicyclic amines) is 1. The molecule has 1 saturated heterocycles. The van der Waals surface area contributed by atoms with Crippen LogP contribution < -0.4 is 5.56 Å². The van der Waals surface area contributed by atoms with Crippen molar-refractivity contribution in [2.45, 2.75) is 19.3 Å². The summed E-state index contributed by atoms with van der Waals surface area (Å²) in [5, 5.41) is 11.4. The molecule has 0 spiro atoms. The van der Waals surface area contributed by atoms with E-state index in [-0.39, 0.29) is 11.4 Å². The number of rotatable bonds is 5. The van der Waals surface area contributed by atoms with Crippen LogP contribution in [-0.2, 0) is 6.42 Å². The lowest BCUT2D eigenvalue weighted by molar-refractivity contribution is 0.343. The van der Waals surface area contributed by atoms with E-state index in [1.807, 2.05) is 18.2 Å². The van der Waals surface area contributed by atoms with E-state index in [0.717, 1.165) is 23.1 Å². The van der Waals surface area contributed by atoms with E-state index in [4.69, 9.17) is 0 Å². The summed E-state index contributed by atoms with van der Waals surface area (Å²) in [7, 11) is 0. The molecule has 3 aromatic rings. The molecule has 6 heteroatoms. The number of nitrogens with one attached hydrogen (secondary N) is 1. The van der Waals surface area contributed by atoms with Crippen LogP contribution in [0, 0.1) is 0 Å². The normalized spacial score (nSPS) is 15.0. The van der Waals surface area contributed by atoms with Crippen LogP contribution in [0.5, 0.6) is 5.88 Å². The number of hydrogen-bond acceptors (Lipinski definition) is 4. The Morgan fingerprint density at radius 2 is 1.86 bits per heavy atom. The van der Waals surface area contributed by atoms with Crippen LogP contribution in [0.15, 0.2) is 56.7 Å². The van der Waals surface area contributed by atoms with Crippen LogP contribution in [-0.4, -0.2) is 40.8 Å². The maximum Gasteiger partial charge on any atom is 0.258 e. The quantitative estimate of drug-likeness (QED) is 0.579. The van der Waals surface area contributed by atoms with Gasteiger partial charge in [0.15, 0.2) is 0 Å². The molecule has 1 aliphatic heterocycles. The van der Waals surface area contributed by atoms with Gasteiger partial charge in [-0.25, -0.2) is 0 Å². The minimum atomic E-state index is -0.320. The third kappa shape index (κ3) is 4.18. The number of hydrogen-bond donors (Lipinski definition) is 2. The molecule has 1 fully saturated rings. The highest BCUT2D eigenvalue weighted by molar-refractivity contribution is 9.10. The molecule has 0 bridgehead atoms. The molecule has 0 radical (unpaired) electrons. The smallest absolute Gasteiger partial charge is 0.258 e. The fraction of sp³-hybridized carbons (Fsp3) is 0.273. The van der Waals surface area contributed by atoms with Crippen molar-refractivity contribution in [2.24, 2.45) is 4.99 Å². The van der Waals surface area contributed by atoms with Crippen molar-refractivity contribution in [1.82, 2.24) is 9.88 Å². The maximum absolute atomic E-state index is 12.1. The average Bonchev–Trinajstić information content (AvgIpc) is 3.20. The van der Waals surface area contributed by atoms with Crippen molar-refractivity contribution >= 4 is 38.6 Å². The molecule has 144 valence electrons. The number of halogens is 1. The fourth-order valence-electron chi connectivity index (χ4n) is 3.62. The lowest BCUT2D eigenvalue weighted by Gasteiger charge is -2.14. The zero-order valence-corrected chi connectivity index (χ0v) is 17.1. The van der Waals surface area contributed by atoms with Crippen LogP contribution in [0.4, 0.5) is 5.69 Å². The monoisotopic (exact) mass is 439 g/mol. The van der Waals surface area contributed by atoms with E-state index < -0.39 is 0 Å². The Labute approximate surface area is 171 Å². The minimum absolute atomic E-state index is 0.179. The lowest BCUT2D eigenvalue weighted by atomic mass is 10.1. The van der Waals surface area contributed by atoms with E-state index in [1.165, 1.54) is 31.5 Å². The predicted octanol–water partition coefficient (Wildman–Crippen LogP) is 4.39. The van der Waals surface area contributed by atoms with E-state index in [1.54, 1.807) is 18.3 Å². The Morgan fingerprint density at radius 3 is 2.61 bits per heavy atom. The molecular weight excluding hydrogens is 418 g/mol. The van der Waals surface area contributed by atoms with Gasteiger partial charge in [-0.15, -0.1) is 0 Å². The van der Waals surface area contributed by atoms with Gasteiger partial charge < -0.3 is 10.0 Å². The molecular formula is C22H22BrN3O2. The standard InChI is InChI=1S/C22H22BrN3O2/c23-16-5-8-18-19(13-16)20(22(28)25-21(18)27)14-24-17-6-3-15(4-7-17)9-12-26-10-1-2-11-26/h3-8,13-14H,1-2,9-12H2,(H2,25,27,28). The van der Waals surface area contributed by atoms with Gasteiger partial charge in [0.05, 0.1) is 11.3 Å². The molecule has 2 aromatic carbocycles. The second kappa shape index (κ2) is 8.29. The number of aromatic nitrogens is 1. The summed E-state index contributed by atoms with van der Waals surface area (Å²) >= 11 is 3.42. The van der Waals surface area contributed by atoms with Crippen molar-refractivity contribution in [2.75, 3.05) is 19.6 Å². The molecule has 5 nitrogen and oxygen atoms in total. The first-order chi connectivity index (χ1) is 13.6. The Balaban J connectivity index is 1.54. The van der Waals surface area contributed by atoms with Crippen molar-refractivity contribution in [1.29, 1.82) is 0 Å². The molecule has 4 rings (SSSR count). The second-order valence-electron chi connectivity index (χ2n) is 7.13. The Bertz CT molecular complexity index is 1070.